The minimum Gasteiger partial charge on any atom is -0.497 e. The van der Waals surface area contributed by atoms with Crippen molar-refractivity contribution in [1.82, 2.24) is 1.33 Å². The van der Waals surface area contributed by atoms with Crippen LogP contribution < -0.4 is 9.47 Å². The van der Waals surface area contributed by atoms with Crippen LogP contribution in [-0.2, 0) is 0 Å². The largest absolute Gasteiger partial charge is 0.497 e. The zero-order valence-electron chi connectivity index (χ0n) is 8.56. The Kier molecular flexibility index (Phi) is 6.76. The van der Waals surface area contributed by atoms with Crippen molar-refractivity contribution >= 4 is 78.3 Å². The third-order valence-corrected chi connectivity index (χ3v) is 5.07. The lowest BCUT2D eigenvalue weighted by molar-refractivity contribution is 0.211. The summed E-state index contributed by atoms with van der Waals surface area (Å²) in [5.74, 6) is 1.13. The third kappa shape index (κ3) is 5.54. The van der Waals surface area contributed by atoms with Crippen molar-refractivity contribution in [2.75, 3.05) is 7.11 Å². The van der Waals surface area contributed by atoms with Gasteiger partial charge >= 0.3 is 6.09 Å². The number of halogens is 3. The van der Waals surface area contributed by atoms with Crippen LogP contribution in [-0.4, -0.2) is 18.4 Å². The van der Waals surface area contributed by atoms with Gasteiger partial charge in [0.2, 0.25) is 0 Å². The lowest BCUT2D eigenvalue weighted by Gasteiger charge is -2.04. The Morgan fingerprint density at radius 1 is 1.24 bits per heavy atom. The SMILES string of the molecule is COc1ccc(OC(=O)/N=C(/I)N(I)I)cc1. The van der Waals surface area contributed by atoms with Crippen LogP contribution in [0, 0.1) is 0 Å². The molecule has 5 nitrogen and oxygen atoms in total. The molecule has 17 heavy (non-hydrogen) atoms. The first-order valence-electron chi connectivity index (χ1n) is 4.24. The number of hydrogen-bond donors (Lipinski definition) is 0. The lowest BCUT2D eigenvalue weighted by atomic mass is 10.3. The molecular formula is C9H7I3N2O3. The smallest absolute Gasteiger partial charge is 0.441 e. The number of amidine groups is 1. The number of methoxy groups -OCH3 is 1. The van der Waals surface area contributed by atoms with Gasteiger partial charge in [-0.05, 0) is 24.3 Å². The van der Waals surface area contributed by atoms with Crippen molar-refractivity contribution in [2.45, 2.75) is 0 Å². The summed E-state index contributed by atoms with van der Waals surface area (Å²) in [6.45, 7) is 0. The highest BCUT2D eigenvalue weighted by Crippen LogP contribution is 2.18. The molecular weight excluding hydrogens is 565 g/mol. The number of hydrogen-bond acceptors (Lipinski definition) is 3. The second-order valence-corrected chi connectivity index (χ2v) is 7.40. The fourth-order valence-corrected chi connectivity index (χ4v) is 1.29. The minimum absolute atomic E-state index is 0.428. The number of aliphatic imine (C=N–C) groups is 1. The number of carbonyl (C=O) groups is 1. The molecule has 1 aromatic rings. The normalized spacial score (nSPS) is 10.9. The van der Waals surface area contributed by atoms with Gasteiger partial charge < -0.3 is 9.47 Å². The summed E-state index contributed by atoms with van der Waals surface area (Å²) in [4.78, 5) is 15.1. The molecule has 1 rings (SSSR count). The Balaban J connectivity index is 2.65. The molecule has 0 atom stereocenters. The Morgan fingerprint density at radius 3 is 2.24 bits per heavy atom. The van der Waals surface area contributed by atoms with Gasteiger partial charge in [0.05, 0.1) is 52.8 Å². The lowest BCUT2D eigenvalue weighted by Crippen LogP contribution is -2.08. The van der Waals surface area contributed by atoms with Crippen molar-refractivity contribution in [1.29, 1.82) is 0 Å². The van der Waals surface area contributed by atoms with Crippen molar-refractivity contribution in [3.05, 3.63) is 24.3 Å². The second kappa shape index (κ2) is 7.56. The zero-order valence-corrected chi connectivity index (χ0v) is 15.0. The molecule has 92 valence electrons. The maximum absolute atomic E-state index is 11.4. The predicted molar refractivity (Wildman–Crippen MR) is 90.4 cm³/mol. The first kappa shape index (κ1) is 15.2. The molecule has 0 N–H and O–H groups in total. The van der Waals surface area contributed by atoms with Gasteiger partial charge in [-0.25, -0.2) is 6.12 Å². The van der Waals surface area contributed by atoms with Crippen LogP contribution in [0.2, 0.25) is 0 Å². The molecule has 0 fully saturated rings. The van der Waals surface area contributed by atoms with Gasteiger partial charge in [-0.3, -0.25) is 0 Å². The van der Waals surface area contributed by atoms with E-state index in [4.69, 9.17) is 9.47 Å². The maximum Gasteiger partial charge on any atom is 0.441 e. The quantitative estimate of drug-likeness (QED) is 0.177. The van der Waals surface area contributed by atoms with Gasteiger partial charge in [-0.1, -0.05) is 0 Å². The molecule has 0 unspecified atom stereocenters. The van der Waals surface area contributed by atoms with Crippen LogP contribution in [0.25, 0.3) is 0 Å². The average Bonchev–Trinajstić information content (AvgIpc) is 2.29. The Bertz CT molecular complexity index is 420. The van der Waals surface area contributed by atoms with Gasteiger partial charge in [0, 0.05) is 22.6 Å². The summed E-state index contributed by atoms with van der Waals surface area (Å²) >= 11 is 5.94. The Morgan fingerprint density at radius 2 is 1.76 bits per heavy atom. The molecule has 0 bridgehead atoms. The highest BCUT2D eigenvalue weighted by Gasteiger charge is 2.07. The molecule has 8 heteroatoms. The van der Waals surface area contributed by atoms with Crippen LogP contribution in [0.15, 0.2) is 29.3 Å². The van der Waals surface area contributed by atoms with Gasteiger partial charge in [-0.15, -0.1) is 4.99 Å². The molecule has 0 spiro atoms. The summed E-state index contributed by atoms with van der Waals surface area (Å²) in [6, 6.07) is 6.70. The first-order valence-corrected chi connectivity index (χ1v) is 7.25. The molecule has 0 aromatic heterocycles. The van der Waals surface area contributed by atoms with Gasteiger partial charge in [0.25, 0.3) is 0 Å². The summed E-state index contributed by atoms with van der Waals surface area (Å²) in [5, 5.41) is 0. The highest BCUT2D eigenvalue weighted by atomic mass is 127. The molecule has 1 amide bonds. The number of ether oxygens (including phenoxy) is 2. The average molecular weight is 572 g/mol. The van der Waals surface area contributed by atoms with Crippen molar-refractivity contribution in [3.8, 4) is 11.5 Å². The van der Waals surface area contributed by atoms with Crippen molar-refractivity contribution in [2.24, 2.45) is 4.99 Å². The van der Waals surface area contributed by atoms with E-state index in [2.05, 4.69) is 4.99 Å². The van der Waals surface area contributed by atoms with E-state index in [1.807, 2.05) is 68.3 Å². The summed E-state index contributed by atoms with van der Waals surface area (Å²) < 4.78 is 12.2. The van der Waals surface area contributed by atoms with E-state index in [0.717, 1.165) is 0 Å². The molecule has 0 aliphatic rings. The second-order valence-electron chi connectivity index (χ2n) is 2.66. The van der Waals surface area contributed by atoms with E-state index in [1.165, 1.54) is 0 Å². The Labute approximate surface area is 140 Å². The van der Waals surface area contributed by atoms with Crippen LogP contribution in [0.3, 0.4) is 0 Å². The van der Waals surface area contributed by atoms with E-state index >= 15 is 0 Å². The van der Waals surface area contributed by atoms with Crippen LogP contribution in [0.4, 0.5) is 4.79 Å². The number of amides is 1. The molecule has 0 saturated heterocycles. The van der Waals surface area contributed by atoms with E-state index < -0.39 is 6.09 Å². The summed E-state index contributed by atoms with van der Waals surface area (Å²) in [5.41, 5.74) is 0. The van der Waals surface area contributed by atoms with Gasteiger partial charge in [0.1, 0.15) is 11.5 Å². The summed E-state index contributed by atoms with van der Waals surface area (Å²) in [7, 11) is 1.57. The topological polar surface area (TPSA) is 51.1 Å². The highest BCUT2D eigenvalue weighted by molar-refractivity contribution is 14.2. The fraction of sp³-hybridized carbons (Fsp3) is 0.111. The molecule has 1 aromatic carbocycles. The third-order valence-electron chi connectivity index (χ3n) is 1.59. The first-order chi connectivity index (χ1) is 8.02. The zero-order chi connectivity index (χ0) is 12.8. The minimum atomic E-state index is -0.655. The monoisotopic (exact) mass is 572 g/mol. The van der Waals surface area contributed by atoms with E-state index in [-0.39, 0.29) is 0 Å². The van der Waals surface area contributed by atoms with Crippen LogP contribution in [0.5, 0.6) is 11.5 Å². The van der Waals surface area contributed by atoms with Crippen molar-refractivity contribution in [3.63, 3.8) is 0 Å². The van der Waals surface area contributed by atoms with E-state index in [1.54, 1.807) is 32.7 Å². The predicted octanol–water partition coefficient (Wildman–Crippen LogP) is 3.99. The molecule has 0 radical (unpaired) electrons. The van der Waals surface area contributed by atoms with Gasteiger partial charge in [0.15, 0.2) is 3.84 Å². The summed E-state index contributed by atoms with van der Waals surface area (Å²) in [6.07, 6.45) is -0.655. The Hall–Kier alpha value is 0.150. The van der Waals surface area contributed by atoms with Crippen LogP contribution in [0.1, 0.15) is 0 Å². The number of nitrogens with zero attached hydrogens (tertiary/aromatic N) is 2. The molecule has 0 heterocycles. The maximum atomic E-state index is 11.4. The standard InChI is InChI=1S/C9H7I3N2O3/c1-16-6-2-4-7(5-3-6)17-9(15)13-8(10)14(11)12/h2-5H,1H3/b13-8-. The van der Waals surface area contributed by atoms with Gasteiger partial charge in [-0.2, -0.15) is 0 Å². The number of benzene rings is 1. The molecule has 0 aliphatic carbocycles. The van der Waals surface area contributed by atoms with E-state index in [0.29, 0.717) is 15.3 Å². The van der Waals surface area contributed by atoms with E-state index in [9.17, 15) is 4.79 Å². The number of carbonyl (C=O) groups excluding carboxylic acids is 1. The molecule has 0 saturated carbocycles. The molecule has 0 aliphatic heterocycles. The van der Waals surface area contributed by atoms with Crippen molar-refractivity contribution < 1.29 is 14.3 Å². The number of rotatable bonds is 2. The van der Waals surface area contributed by atoms with Crippen LogP contribution >= 0.6 is 68.3 Å². The fourth-order valence-electron chi connectivity index (χ4n) is 0.881.